The maximum atomic E-state index is 10.3. The number of carboxylic acids is 1. The van der Waals surface area contributed by atoms with Gasteiger partial charge < -0.3 is 14.4 Å². The molecule has 0 saturated carbocycles. The van der Waals surface area contributed by atoms with Crippen molar-refractivity contribution in [3.8, 4) is 0 Å². The summed E-state index contributed by atoms with van der Waals surface area (Å²) in [5, 5.41) is 12.3. The van der Waals surface area contributed by atoms with E-state index in [1.54, 1.807) is 0 Å². The maximum Gasteiger partial charge on any atom is 0.329 e. The quantitative estimate of drug-likeness (QED) is 0.867. The molecule has 0 spiro atoms. The van der Waals surface area contributed by atoms with E-state index in [-0.39, 0.29) is 19.1 Å². The highest BCUT2D eigenvalue weighted by Crippen LogP contribution is 2.12. The van der Waals surface area contributed by atoms with Gasteiger partial charge in [0.15, 0.2) is 5.82 Å². The van der Waals surface area contributed by atoms with Gasteiger partial charge in [0.05, 0.1) is 0 Å². The molecule has 0 unspecified atom stereocenters. The lowest BCUT2D eigenvalue weighted by Crippen LogP contribution is -2.06. The Morgan fingerprint density at radius 2 is 2.00 bits per heavy atom. The van der Waals surface area contributed by atoms with E-state index in [4.69, 9.17) is 14.4 Å². The van der Waals surface area contributed by atoms with Crippen molar-refractivity contribution in [3.63, 3.8) is 0 Å². The lowest BCUT2D eigenvalue weighted by molar-refractivity contribution is -0.142. The summed E-state index contributed by atoms with van der Waals surface area (Å²) in [6.45, 7) is 3.71. The minimum absolute atomic E-state index is 0.00610. The zero-order valence-corrected chi connectivity index (χ0v) is 11.4. The number of ether oxygens (including phenoxy) is 1. The van der Waals surface area contributed by atoms with E-state index in [9.17, 15) is 4.79 Å². The molecule has 0 atom stereocenters. The van der Waals surface area contributed by atoms with E-state index in [1.807, 2.05) is 13.8 Å². The molecule has 6 nitrogen and oxygen atoms in total. The number of benzene rings is 1. The molecule has 0 radical (unpaired) electrons. The molecule has 0 aliphatic carbocycles. The van der Waals surface area contributed by atoms with Crippen LogP contribution in [0.25, 0.3) is 0 Å². The Balaban J connectivity index is 1.96. The average Bonchev–Trinajstić information content (AvgIpc) is 2.74. The molecule has 1 heterocycles. The first-order chi connectivity index (χ1) is 9.52. The van der Waals surface area contributed by atoms with Crippen molar-refractivity contribution < 1.29 is 19.2 Å². The number of hydrogen-bond acceptors (Lipinski definition) is 5. The minimum Gasteiger partial charge on any atom is -0.480 e. The second-order valence-corrected chi connectivity index (χ2v) is 4.66. The van der Waals surface area contributed by atoms with Crippen LogP contribution in [0.4, 0.5) is 0 Å². The third-order valence-corrected chi connectivity index (χ3v) is 2.60. The van der Waals surface area contributed by atoms with Crippen LogP contribution in [0.2, 0.25) is 0 Å². The predicted octanol–water partition coefficient (Wildman–Crippen LogP) is 1.88. The van der Waals surface area contributed by atoms with Crippen molar-refractivity contribution in [2.45, 2.75) is 26.9 Å². The van der Waals surface area contributed by atoms with Gasteiger partial charge in [0.1, 0.15) is 13.2 Å². The molecule has 2 rings (SSSR count). The smallest absolute Gasteiger partial charge is 0.329 e. The van der Waals surface area contributed by atoms with Gasteiger partial charge in [-0.1, -0.05) is 34.5 Å². The first kappa shape index (κ1) is 14.2. The zero-order chi connectivity index (χ0) is 14.5. The van der Waals surface area contributed by atoms with Crippen molar-refractivity contribution in [2.75, 3.05) is 6.61 Å². The summed E-state index contributed by atoms with van der Waals surface area (Å²) < 4.78 is 9.89. The topological polar surface area (TPSA) is 85.5 Å². The highest BCUT2D eigenvalue weighted by molar-refractivity contribution is 5.67. The van der Waals surface area contributed by atoms with E-state index in [0.29, 0.717) is 12.2 Å². The molecule has 0 bridgehead atoms. The number of aromatic nitrogens is 2. The fraction of sp³-hybridized carbons (Fsp3) is 0.357. The largest absolute Gasteiger partial charge is 0.480 e. The minimum atomic E-state index is -1.03. The number of nitrogens with zero attached hydrogens (tertiary/aromatic N) is 2. The molecule has 6 heteroatoms. The summed E-state index contributed by atoms with van der Waals surface area (Å²) >= 11 is 0. The van der Waals surface area contributed by atoms with Gasteiger partial charge in [-0.15, -0.1) is 0 Å². The van der Waals surface area contributed by atoms with E-state index in [1.165, 1.54) is 11.1 Å². The van der Waals surface area contributed by atoms with Gasteiger partial charge >= 0.3 is 5.97 Å². The molecular formula is C14H16N2O4. The summed E-state index contributed by atoms with van der Waals surface area (Å²) in [4.78, 5) is 14.5. The highest BCUT2D eigenvalue weighted by atomic mass is 16.5. The zero-order valence-electron chi connectivity index (χ0n) is 11.4. The number of carbonyl (C=O) groups is 1. The molecule has 20 heavy (non-hydrogen) atoms. The number of carboxylic acid groups (broad SMARTS) is 1. The Morgan fingerprint density at radius 3 is 2.65 bits per heavy atom. The van der Waals surface area contributed by atoms with Crippen molar-refractivity contribution in [1.82, 2.24) is 10.1 Å². The van der Waals surface area contributed by atoms with Crippen LogP contribution >= 0.6 is 0 Å². The van der Waals surface area contributed by atoms with Crippen molar-refractivity contribution >= 4 is 5.97 Å². The van der Waals surface area contributed by atoms with Gasteiger partial charge in [0.2, 0.25) is 0 Å². The summed E-state index contributed by atoms with van der Waals surface area (Å²) in [5.41, 5.74) is 3.49. The van der Waals surface area contributed by atoms with Crippen molar-refractivity contribution in [3.05, 3.63) is 46.6 Å². The number of hydrogen-bond donors (Lipinski definition) is 1. The monoisotopic (exact) mass is 276 g/mol. The first-order valence-electron chi connectivity index (χ1n) is 6.21. The Labute approximate surface area is 116 Å². The standard InChI is InChI=1S/C14H16N2O4/c1-9-3-10(2)5-11(4-9)6-12-15-13(20-16-12)7-19-8-14(17)18/h3-5H,6-8H2,1-2H3,(H,17,18). The molecule has 1 N–H and O–H groups in total. The van der Waals surface area contributed by atoms with Crippen LogP contribution in [-0.4, -0.2) is 27.8 Å². The van der Waals surface area contributed by atoms with Crippen LogP contribution < -0.4 is 0 Å². The fourth-order valence-corrected chi connectivity index (χ4v) is 2.00. The number of aryl methyl sites for hydroxylation is 2. The molecule has 0 amide bonds. The molecule has 0 aliphatic rings. The Kier molecular flexibility index (Phi) is 4.47. The second-order valence-electron chi connectivity index (χ2n) is 4.66. The molecule has 106 valence electrons. The molecule has 1 aromatic carbocycles. The lowest BCUT2D eigenvalue weighted by atomic mass is 10.1. The lowest BCUT2D eigenvalue weighted by Gasteiger charge is -2.01. The number of rotatable bonds is 6. The highest BCUT2D eigenvalue weighted by Gasteiger charge is 2.08. The van der Waals surface area contributed by atoms with Crippen molar-refractivity contribution in [2.24, 2.45) is 0 Å². The van der Waals surface area contributed by atoms with Gasteiger partial charge in [-0.05, 0) is 19.4 Å². The summed E-state index contributed by atoms with van der Waals surface area (Å²) in [5.74, 6) is -0.186. The SMILES string of the molecule is Cc1cc(C)cc(Cc2noc(COCC(=O)O)n2)c1. The van der Waals surface area contributed by atoms with Crippen LogP contribution in [0.3, 0.4) is 0 Å². The third kappa shape index (κ3) is 4.17. The van der Waals surface area contributed by atoms with Gasteiger partial charge in [0, 0.05) is 6.42 Å². The van der Waals surface area contributed by atoms with E-state index in [2.05, 4.69) is 28.3 Å². The second kappa shape index (κ2) is 6.29. The van der Waals surface area contributed by atoms with Gasteiger partial charge in [0.25, 0.3) is 5.89 Å². The maximum absolute atomic E-state index is 10.3. The molecule has 0 saturated heterocycles. The van der Waals surface area contributed by atoms with Gasteiger partial charge in [-0.25, -0.2) is 4.79 Å². The molecule has 1 aromatic heterocycles. The van der Waals surface area contributed by atoms with E-state index >= 15 is 0 Å². The van der Waals surface area contributed by atoms with Gasteiger partial charge in [-0.3, -0.25) is 0 Å². The van der Waals surface area contributed by atoms with Crippen LogP contribution in [0.1, 0.15) is 28.4 Å². The van der Waals surface area contributed by atoms with Gasteiger partial charge in [-0.2, -0.15) is 4.98 Å². The fourth-order valence-electron chi connectivity index (χ4n) is 2.00. The van der Waals surface area contributed by atoms with E-state index in [0.717, 1.165) is 5.56 Å². The Hall–Kier alpha value is -2.21. The molecular weight excluding hydrogens is 260 g/mol. The average molecular weight is 276 g/mol. The predicted molar refractivity (Wildman–Crippen MR) is 70.3 cm³/mol. The van der Waals surface area contributed by atoms with Crippen molar-refractivity contribution in [1.29, 1.82) is 0 Å². The summed E-state index contributed by atoms with van der Waals surface area (Å²) in [7, 11) is 0. The molecule has 2 aromatic rings. The third-order valence-electron chi connectivity index (χ3n) is 2.60. The Morgan fingerprint density at radius 1 is 1.30 bits per heavy atom. The van der Waals surface area contributed by atoms with Crippen LogP contribution in [0.15, 0.2) is 22.7 Å². The van der Waals surface area contributed by atoms with Crippen LogP contribution in [-0.2, 0) is 22.6 Å². The van der Waals surface area contributed by atoms with Crippen LogP contribution in [0.5, 0.6) is 0 Å². The van der Waals surface area contributed by atoms with E-state index < -0.39 is 5.97 Å². The normalized spacial score (nSPS) is 10.7. The summed E-state index contributed by atoms with van der Waals surface area (Å²) in [6.07, 6.45) is 0.574. The Bertz CT molecular complexity index is 587. The summed E-state index contributed by atoms with van der Waals surface area (Å²) in [6, 6.07) is 6.25. The molecule has 0 fully saturated rings. The first-order valence-corrected chi connectivity index (χ1v) is 6.21. The molecule has 0 aliphatic heterocycles. The number of aliphatic carboxylic acids is 1. The van der Waals surface area contributed by atoms with Crippen LogP contribution in [0, 0.1) is 13.8 Å².